The number of hydrogen-bond acceptors (Lipinski definition) is 4. The summed E-state index contributed by atoms with van der Waals surface area (Å²) in [6.07, 6.45) is 1.66. The first-order valence-corrected chi connectivity index (χ1v) is 9.20. The highest BCUT2D eigenvalue weighted by atomic mass is 35.5. The number of anilines is 1. The smallest absolute Gasteiger partial charge is 0.229 e. The zero-order chi connectivity index (χ0) is 19.0. The number of benzene rings is 2. The largest absolute Gasteiger partial charge is 0.487 e. The van der Waals surface area contributed by atoms with Gasteiger partial charge in [0, 0.05) is 15.6 Å². The van der Waals surface area contributed by atoms with E-state index in [0.29, 0.717) is 26.8 Å². The molecule has 1 aromatic heterocycles. The van der Waals surface area contributed by atoms with Gasteiger partial charge in [0.25, 0.3) is 0 Å². The van der Waals surface area contributed by atoms with Crippen LogP contribution in [0.2, 0.25) is 15.1 Å². The van der Waals surface area contributed by atoms with Crippen molar-refractivity contribution in [1.82, 2.24) is 14.8 Å². The van der Waals surface area contributed by atoms with E-state index < -0.39 is 0 Å². The first kappa shape index (κ1) is 18.1. The normalized spacial score (nSPS) is 16.0. The minimum Gasteiger partial charge on any atom is -0.487 e. The van der Waals surface area contributed by atoms with Gasteiger partial charge >= 0.3 is 0 Å². The van der Waals surface area contributed by atoms with E-state index in [1.165, 1.54) is 6.33 Å². The molecule has 1 aliphatic heterocycles. The van der Waals surface area contributed by atoms with Crippen LogP contribution in [0.4, 0.5) is 5.95 Å². The molecule has 0 aliphatic carbocycles. The quantitative estimate of drug-likeness (QED) is 0.657. The molecule has 9 heteroatoms. The molecule has 1 N–H and O–H groups in total. The molecule has 0 unspecified atom stereocenters. The second-order valence-electron chi connectivity index (χ2n) is 6.01. The van der Waals surface area contributed by atoms with Crippen LogP contribution in [-0.2, 0) is 11.4 Å². The molecule has 1 aliphatic rings. The highest BCUT2D eigenvalue weighted by molar-refractivity contribution is 6.35. The van der Waals surface area contributed by atoms with Crippen LogP contribution >= 0.6 is 34.8 Å². The van der Waals surface area contributed by atoms with Crippen molar-refractivity contribution in [2.75, 3.05) is 5.32 Å². The van der Waals surface area contributed by atoms with Crippen molar-refractivity contribution in [1.29, 1.82) is 0 Å². The van der Waals surface area contributed by atoms with Crippen LogP contribution in [0.15, 0.2) is 42.7 Å². The van der Waals surface area contributed by atoms with E-state index in [2.05, 4.69) is 15.4 Å². The summed E-state index contributed by atoms with van der Waals surface area (Å²) < 4.78 is 7.46. The third kappa shape index (κ3) is 3.74. The fraction of sp³-hybridized carbons (Fsp3) is 0.167. The maximum absolute atomic E-state index is 11.9. The number of nitrogens with zero attached hydrogens (tertiary/aromatic N) is 3. The van der Waals surface area contributed by atoms with Gasteiger partial charge in [-0.2, -0.15) is 10.1 Å². The third-order valence-electron chi connectivity index (χ3n) is 4.24. The Balaban J connectivity index is 1.54. The highest BCUT2D eigenvalue weighted by Gasteiger charge is 2.28. The molecule has 0 bridgehead atoms. The fourth-order valence-corrected chi connectivity index (χ4v) is 3.61. The van der Waals surface area contributed by atoms with Gasteiger partial charge in [-0.3, -0.25) is 10.1 Å². The zero-order valence-corrected chi connectivity index (χ0v) is 16.1. The molecule has 1 amide bonds. The van der Waals surface area contributed by atoms with Gasteiger partial charge in [0.15, 0.2) is 0 Å². The maximum Gasteiger partial charge on any atom is 0.229 e. The van der Waals surface area contributed by atoms with Crippen molar-refractivity contribution in [3.8, 4) is 5.75 Å². The van der Waals surface area contributed by atoms with Gasteiger partial charge in [-0.25, -0.2) is 4.68 Å². The van der Waals surface area contributed by atoms with Crippen LogP contribution in [0.5, 0.6) is 5.75 Å². The lowest BCUT2D eigenvalue weighted by Crippen LogP contribution is -2.29. The fourth-order valence-electron chi connectivity index (χ4n) is 2.90. The molecule has 6 nitrogen and oxygen atoms in total. The van der Waals surface area contributed by atoms with E-state index in [-0.39, 0.29) is 25.0 Å². The lowest BCUT2D eigenvalue weighted by molar-refractivity contribution is -0.117. The second-order valence-corrected chi connectivity index (χ2v) is 7.26. The Hall–Kier alpha value is -2.28. The van der Waals surface area contributed by atoms with Gasteiger partial charge in [0.05, 0.1) is 17.5 Å². The van der Waals surface area contributed by atoms with Crippen molar-refractivity contribution in [3.05, 3.63) is 68.9 Å². The molecule has 0 saturated heterocycles. The molecule has 27 heavy (non-hydrogen) atoms. The SMILES string of the molecule is O=C1C[C@H](c2ccc(OCc3ccc(Cl)cc3Cl)c(Cl)c2)n2ncnc2N1. The van der Waals surface area contributed by atoms with Gasteiger partial charge in [0.1, 0.15) is 18.7 Å². The summed E-state index contributed by atoms with van der Waals surface area (Å²) in [5.74, 6) is 0.824. The summed E-state index contributed by atoms with van der Waals surface area (Å²) in [4.78, 5) is 15.9. The molecule has 4 rings (SSSR count). The maximum atomic E-state index is 11.9. The van der Waals surface area contributed by atoms with Gasteiger partial charge in [-0.05, 0) is 29.8 Å². The van der Waals surface area contributed by atoms with E-state index in [9.17, 15) is 4.79 Å². The van der Waals surface area contributed by atoms with E-state index in [1.54, 1.807) is 35.0 Å². The standard InChI is InChI=1S/C18H13Cl3N4O2/c19-12-3-1-11(13(20)6-12)8-27-16-4-2-10(5-14(16)21)15-7-17(26)24-18-22-9-23-25(15)18/h1-6,9,15H,7-8H2,(H,22,23,24,26)/t15-/m1/s1. The van der Waals surface area contributed by atoms with E-state index in [0.717, 1.165) is 11.1 Å². The number of halogens is 3. The molecule has 0 saturated carbocycles. The second kappa shape index (κ2) is 7.38. The van der Waals surface area contributed by atoms with Crippen LogP contribution in [0, 0.1) is 0 Å². The Morgan fingerprint density at radius 2 is 2.00 bits per heavy atom. The van der Waals surface area contributed by atoms with Crippen LogP contribution in [0.1, 0.15) is 23.6 Å². The minimum atomic E-state index is -0.270. The monoisotopic (exact) mass is 422 g/mol. The first-order valence-electron chi connectivity index (χ1n) is 8.07. The Kier molecular flexibility index (Phi) is 4.95. The predicted molar refractivity (Wildman–Crippen MR) is 104 cm³/mol. The number of hydrogen-bond donors (Lipinski definition) is 1. The summed E-state index contributed by atoms with van der Waals surface area (Å²) in [5, 5.41) is 8.40. The lowest BCUT2D eigenvalue weighted by Gasteiger charge is -2.24. The Bertz CT molecular complexity index is 1020. The number of nitrogens with one attached hydrogen (secondary N) is 1. The molecule has 2 heterocycles. The summed E-state index contributed by atoms with van der Waals surface area (Å²) in [5.41, 5.74) is 1.65. The molecule has 2 aromatic carbocycles. The summed E-state index contributed by atoms with van der Waals surface area (Å²) in [6, 6.07) is 10.4. The van der Waals surface area contributed by atoms with Gasteiger partial charge in [-0.1, -0.05) is 46.9 Å². The molecule has 0 spiro atoms. The number of aromatic nitrogens is 3. The Morgan fingerprint density at radius 3 is 2.78 bits per heavy atom. The first-order chi connectivity index (χ1) is 13.0. The number of carbonyl (C=O) groups excluding carboxylic acids is 1. The van der Waals surface area contributed by atoms with Crippen LogP contribution in [-0.4, -0.2) is 20.7 Å². The number of carbonyl (C=O) groups is 1. The van der Waals surface area contributed by atoms with Gasteiger partial charge in [-0.15, -0.1) is 0 Å². The van der Waals surface area contributed by atoms with Gasteiger partial charge < -0.3 is 4.74 Å². The number of amides is 1. The van der Waals surface area contributed by atoms with Crippen LogP contribution in [0.3, 0.4) is 0 Å². The molecular weight excluding hydrogens is 411 g/mol. The molecule has 0 radical (unpaired) electrons. The Morgan fingerprint density at radius 1 is 1.15 bits per heavy atom. The molecule has 138 valence electrons. The topological polar surface area (TPSA) is 69.0 Å². The van der Waals surface area contributed by atoms with Crippen LogP contribution < -0.4 is 10.1 Å². The molecular formula is C18H13Cl3N4O2. The number of ether oxygens (including phenoxy) is 1. The molecule has 0 fully saturated rings. The summed E-state index contributed by atoms with van der Waals surface area (Å²) in [6.45, 7) is 0.258. The highest BCUT2D eigenvalue weighted by Crippen LogP contribution is 2.34. The number of fused-ring (bicyclic) bond motifs is 1. The average Bonchev–Trinajstić information content (AvgIpc) is 3.09. The Labute approximate surface area is 170 Å². The zero-order valence-electron chi connectivity index (χ0n) is 13.8. The van der Waals surface area contributed by atoms with Crippen molar-refractivity contribution in [2.45, 2.75) is 19.1 Å². The molecule has 1 atom stereocenters. The minimum absolute atomic E-state index is 0.116. The molecule has 3 aromatic rings. The van der Waals surface area contributed by atoms with E-state index in [4.69, 9.17) is 39.5 Å². The summed E-state index contributed by atoms with van der Waals surface area (Å²) in [7, 11) is 0. The van der Waals surface area contributed by atoms with Crippen molar-refractivity contribution >= 4 is 46.7 Å². The average molecular weight is 424 g/mol. The summed E-state index contributed by atoms with van der Waals surface area (Å²) >= 11 is 18.5. The van der Waals surface area contributed by atoms with Crippen molar-refractivity contribution in [3.63, 3.8) is 0 Å². The van der Waals surface area contributed by atoms with E-state index in [1.807, 2.05) is 6.07 Å². The lowest BCUT2D eigenvalue weighted by atomic mass is 10.0. The van der Waals surface area contributed by atoms with Gasteiger partial charge in [0.2, 0.25) is 11.9 Å². The third-order valence-corrected chi connectivity index (χ3v) is 5.12. The number of rotatable bonds is 4. The predicted octanol–water partition coefficient (Wildman–Crippen LogP) is 4.75. The van der Waals surface area contributed by atoms with Crippen LogP contribution in [0.25, 0.3) is 0 Å². The van der Waals surface area contributed by atoms with Crippen molar-refractivity contribution < 1.29 is 9.53 Å². The van der Waals surface area contributed by atoms with E-state index >= 15 is 0 Å². The van der Waals surface area contributed by atoms with Crippen molar-refractivity contribution in [2.24, 2.45) is 0 Å².